The number of aliphatic hydroxyl groups is 1. The predicted molar refractivity (Wildman–Crippen MR) is 106 cm³/mol. The van der Waals surface area contributed by atoms with Crippen molar-refractivity contribution in [2.45, 2.75) is 11.5 Å². The molecule has 7 nitrogen and oxygen atoms in total. The molecule has 7 heteroatoms. The van der Waals surface area contributed by atoms with Crippen LogP contribution in [-0.2, 0) is 10.4 Å². The quantitative estimate of drug-likeness (QED) is 0.395. The molecule has 2 atom stereocenters. The number of nitrogens with one attached hydrogen (secondary N) is 1. The van der Waals surface area contributed by atoms with Crippen LogP contribution in [0.25, 0.3) is 0 Å². The normalized spacial score (nSPS) is 18.6. The molecule has 2 unspecified atom stereocenters. The van der Waals surface area contributed by atoms with Gasteiger partial charge in [-0.15, -0.1) is 0 Å². The summed E-state index contributed by atoms with van der Waals surface area (Å²) in [6.45, 7) is 0. The fraction of sp³-hybridized carbons (Fsp3) is 0.0909. The van der Waals surface area contributed by atoms with Crippen LogP contribution in [0.2, 0.25) is 0 Å². The van der Waals surface area contributed by atoms with E-state index in [4.69, 9.17) is 0 Å². The zero-order chi connectivity index (χ0) is 20.6. The van der Waals surface area contributed by atoms with Gasteiger partial charge in [0.15, 0.2) is 11.4 Å². The second kappa shape index (κ2) is 6.96. The lowest BCUT2D eigenvalue weighted by molar-refractivity contribution is -0.385. The van der Waals surface area contributed by atoms with Crippen LogP contribution in [0.5, 0.6) is 0 Å². The molecule has 0 aromatic heterocycles. The summed E-state index contributed by atoms with van der Waals surface area (Å²) < 4.78 is 0. The zero-order valence-corrected chi connectivity index (χ0v) is 15.1. The van der Waals surface area contributed by atoms with Gasteiger partial charge in [0, 0.05) is 28.9 Å². The summed E-state index contributed by atoms with van der Waals surface area (Å²) in [5, 5.41) is 25.4. The molecule has 0 aliphatic carbocycles. The Morgan fingerprint density at radius 3 is 2.24 bits per heavy atom. The average Bonchev–Trinajstić information content (AvgIpc) is 2.99. The van der Waals surface area contributed by atoms with Crippen molar-refractivity contribution in [1.29, 1.82) is 0 Å². The maximum atomic E-state index is 13.4. The van der Waals surface area contributed by atoms with Gasteiger partial charge in [-0.2, -0.15) is 0 Å². The van der Waals surface area contributed by atoms with Gasteiger partial charge in [-0.05, 0) is 11.6 Å². The number of rotatable bonds is 5. The molecule has 1 aliphatic rings. The van der Waals surface area contributed by atoms with E-state index in [9.17, 15) is 24.8 Å². The number of nitrogens with zero attached hydrogens (tertiary/aromatic N) is 1. The largest absolute Gasteiger partial charge is 0.374 e. The Morgan fingerprint density at radius 2 is 1.62 bits per heavy atom. The lowest BCUT2D eigenvalue weighted by Crippen LogP contribution is -2.44. The first kappa shape index (κ1) is 18.5. The molecule has 0 saturated heterocycles. The van der Waals surface area contributed by atoms with Crippen LogP contribution in [0.15, 0.2) is 78.9 Å². The molecule has 144 valence electrons. The van der Waals surface area contributed by atoms with Gasteiger partial charge >= 0.3 is 0 Å². The Kier molecular flexibility index (Phi) is 4.44. The van der Waals surface area contributed by atoms with Crippen molar-refractivity contribution < 1.29 is 19.6 Å². The molecule has 0 fully saturated rings. The third kappa shape index (κ3) is 2.97. The van der Waals surface area contributed by atoms with Crippen LogP contribution in [0, 0.1) is 10.1 Å². The highest BCUT2D eigenvalue weighted by Crippen LogP contribution is 2.47. The second-order valence-electron chi connectivity index (χ2n) is 6.78. The van der Waals surface area contributed by atoms with E-state index in [1.165, 1.54) is 12.1 Å². The maximum absolute atomic E-state index is 13.4. The van der Waals surface area contributed by atoms with Gasteiger partial charge in [-0.3, -0.25) is 19.7 Å². The summed E-state index contributed by atoms with van der Waals surface area (Å²) >= 11 is 0. The summed E-state index contributed by atoms with van der Waals surface area (Å²) in [4.78, 5) is 37.0. The van der Waals surface area contributed by atoms with Crippen LogP contribution in [-0.4, -0.2) is 21.7 Å². The zero-order valence-electron chi connectivity index (χ0n) is 15.1. The number of nitro benzene ring substituents is 1. The van der Waals surface area contributed by atoms with Gasteiger partial charge in [0.25, 0.3) is 11.6 Å². The van der Waals surface area contributed by atoms with E-state index in [-0.39, 0.29) is 16.9 Å². The first-order valence-corrected chi connectivity index (χ1v) is 8.90. The van der Waals surface area contributed by atoms with Crippen molar-refractivity contribution in [2.24, 2.45) is 0 Å². The number of non-ortho nitro benzene ring substituents is 1. The smallest absolute Gasteiger partial charge is 0.269 e. The Labute approximate surface area is 165 Å². The predicted octanol–water partition coefficient (Wildman–Crippen LogP) is 3.40. The number of fused-ring (bicyclic) bond motifs is 1. The van der Waals surface area contributed by atoms with E-state index < -0.39 is 28.1 Å². The fourth-order valence-electron chi connectivity index (χ4n) is 3.69. The second-order valence-corrected chi connectivity index (χ2v) is 6.78. The molecule has 3 aromatic carbocycles. The number of hydrogen-bond acceptors (Lipinski definition) is 5. The van der Waals surface area contributed by atoms with E-state index in [1.807, 2.05) is 0 Å². The number of ketones is 1. The fourth-order valence-corrected chi connectivity index (χ4v) is 3.69. The van der Waals surface area contributed by atoms with Gasteiger partial charge in [-0.1, -0.05) is 60.7 Å². The highest BCUT2D eigenvalue weighted by Gasteiger charge is 2.55. The van der Waals surface area contributed by atoms with Crippen molar-refractivity contribution in [1.82, 2.24) is 0 Å². The minimum atomic E-state index is -2.30. The van der Waals surface area contributed by atoms with Crippen LogP contribution in [0.3, 0.4) is 0 Å². The highest BCUT2D eigenvalue weighted by atomic mass is 16.6. The molecular weight excluding hydrogens is 372 g/mol. The third-order valence-electron chi connectivity index (χ3n) is 5.09. The summed E-state index contributed by atoms with van der Waals surface area (Å²) in [7, 11) is 0. The Bertz CT molecular complexity index is 1110. The van der Waals surface area contributed by atoms with Gasteiger partial charge in [0.1, 0.15) is 0 Å². The lowest BCUT2D eigenvalue weighted by Gasteiger charge is -2.30. The number of carbonyl (C=O) groups is 2. The molecule has 1 aliphatic heterocycles. The molecule has 3 aromatic rings. The summed E-state index contributed by atoms with van der Waals surface area (Å²) in [6, 6.07) is 20.5. The highest BCUT2D eigenvalue weighted by molar-refractivity contribution is 6.12. The molecule has 29 heavy (non-hydrogen) atoms. The number of carbonyl (C=O) groups excluding carboxylic acids is 2. The van der Waals surface area contributed by atoms with Crippen LogP contribution >= 0.6 is 0 Å². The maximum Gasteiger partial charge on any atom is 0.269 e. The molecular formula is C22H16N2O5. The van der Waals surface area contributed by atoms with E-state index >= 15 is 0 Å². The minimum Gasteiger partial charge on any atom is -0.374 e. The molecule has 1 amide bonds. The first-order chi connectivity index (χ1) is 13.9. The number of anilines is 1. The molecule has 0 radical (unpaired) electrons. The van der Waals surface area contributed by atoms with E-state index in [0.29, 0.717) is 11.1 Å². The van der Waals surface area contributed by atoms with E-state index in [1.54, 1.807) is 60.7 Å². The Morgan fingerprint density at radius 1 is 1.00 bits per heavy atom. The standard InChI is InChI=1S/C22H16N2O5/c25-20(15-9-5-2-6-10-15)19(14-7-3-1-4-8-14)22(27)17-13-16(24(28)29)11-12-18(17)23-21(22)26/h1-13,19,27H,(H,23,26). The number of hydrogen-bond donors (Lipinski definition) is 2. The van der Waals surface area contributed by atoms with Crippen LogP contribution < -0.4 is 5.32 Å². The molecule has 0 saturated carbocycles. The molecule has 2 N–H and O–H groups in total. The molecule has 0 spiro atoms. The lowest BCUT2D eigenvalue weighted by atomic mass is 9.74. The van der Waals surface area contributed by atoms with Crippen molar-refractivity contribution in [3.63, 3.8) is 0 Å². The van der Waals surface area contributed by atoms with Gasteiger partial charge < -0.3 is 10.4 Å². The van der Waals surface area contributed by atoms with Crippen molar-refractivity contribution in [3.8, 4) is 0 Å². The monoisotopic (exact) mass is 388 g/mol. The SMILES string of the molecule is O=C(c1ccccc1)C(c1ccccc1)C1(O)C(=O)Nc2ccc([N+](=O)[O-])cc21. The van der Waals surface area contributed by atoms with Gasteiger partial charge in [0.2, 0.25) is 0 Å². The molecule has 1 heterocycles. The average molecular weight is 388 g/mol. The number of Topliss-reactive ketones (excluding diaryl/α,β-unsaturated/α-hetero) is 1. The first-order valence-electron chi connectivity index (χ1n) is 8.90. The summed E-state index contributed by atoms with van der Waals surface area (Å²) in [5.41, 5.74) is -1.58. The van der Waals surface area contributed by atoms with Crippen LogP contribution in [0.1, 0.15) is 27.4 Å². The van der Waals surface area contributed by atoms with Crippen LogP contribution in [0.4, 0.5) is 11.4 Å². The van der Waals surface area contributed by atoms with Gasteiger partial charge in [-0.25, -0.2) is 0 Å². The number of benzene rings is 3. The van der Waals surface area contributed by atoms with Crippen molar-refractivity contribution >= 4 is 23.1 Å². The molecule has 4 rings (SSSR count). The van der Waals surface area contributed by atoms with Crippen molar-refractivity contribution in [3.05, 3.63) is 106 Å². The minimum absolute atomic E-state index is 0.00911. The number of amides is 1. The summed E-state index contributed by atoms with van der Waals surface area (Å²) in [6.07, 6.45) is 0. The molecule has 0 bridgehead atoms. The van der Waals surface area contributed by atoms with Crippen molar-refractivity contribution in [2.75, 3.05) is 5.32 Å². The third-order valence-corrected chi connectivity index (χ3v) is 5.09. The Balaban J connectivity index is 1.94. The van der Waals surface area contributed by atoms with E-state index in [2.05, 4.69) is 5.32 Å². The topological polar surface area (TPSA) is 110 Å². The summed E-state index contributed by atoms with van der Waals surface area (Å²) in [5.74, 6) is -2.55. The van der Waals surface area contributed by atoms with Gasteiger partial charge in [0.05, 0.1) is 10.8 Å². The number of nitro groups is 1. The Hall–Kier alpha value is -3.84. The van der Waals surface area contributed by atoms with E-state index in [0.717, 1.165) is 6.07 Å².